The smallest absolute Gasteiger partial charge is 0.314 e. The molecule has 0 aromatic heterocycles. The zero-order valence-corrected chi connectivity index (χ0v) is 13.2. The van der Waals surface area contributed by atoms with Gasteiger partial charge in [-0.2, -0.15) is 0 Å². The number of carbonyl (C=O) groups excluding carboxylic acids is 1. The van der Waals surface area contributed by atoms with Gasteiger partial charge in [-0.15, -0.1) is 0 Å². The lowest BCUT2D eigenvalue weighted by Gasteiger charge is -2.39. The number of hydrogen-bond acceptors (Lipinski definition) is 3. The first-order chi connectivity index (χ1) is 11.1. The van der Waals surface area contributed by atoms with Gasteiger partial charge in [-0.3, -0.25) is 9.59 Å². The average molecular weight is 317 g/mol. The maximum atomic E-state index is 12.2. The molecule has 1 aromatic rings. The molecule has 1 N–H and O–H groups in total. The molecule has 1 aromatic carbocycles. The summed E-state index contributed by atoms with van der Waals surface area (Å²) in [5.41, 5.74) is -0.0583. The highest BCUT2D eigenvalue weighted by Crippen LogP contribution is 2.36. The summed E-state index contributed by atoms with van der Waals surface area (Å²) in [5.74, 6) is -0.194. The summed E-state index contributed by atoms with van der Waals surface area (Å²) in [7, 11) is 0. The Kier molecular flexibility index (Phi) is 4.66. The lowest BCUT2D eigenvalue weighted by atomic mass is 9.73. The van der Waals surface area contributed by atoms with Crippen molar-refractivity contribution in [3.05, 3.63) is 35.9 Å². The van der Waals surface area contributed by atoms with E-state index < -0.39 is 11.4 Å². The Bertz CT molecular complexity index is 560. The molecule has 1 amide bonds. The molecule has 1 saturated carbocycles. The van der Waals surface area contributed by atoms with Crippen LogP contribution in [0.4, 0.5) is 0 Å². The second-order valence-electron chi connectivity index (χ2n) is 6.59. The first-order valence-electron chi connectivity index (χ1n) is 8.26. The van der Waals surface area contributed by atoms with Crippen LogP contribution in [0.2, 0.25) is 0 Å². The van der Waals surface area contributed by atoms with Crippen molar-refractivity contribution in [3.63, 3.8) is 0 Å². The van der Waals surface area contributed by atoms with Crippen molar-refractivity contribution in [1.29, 1.82) is 0 Å². The topological polar surface area (TPSA) is 66.8 Å². The van der Waals surface area contributed by atoms with Gasteiger partial charge in [0, 0.05) is 13.1 Å². The number of benzene rings is 1. The van der Waals surface area contributed by atoms with Crippen molar-refractivity contribution in [2.75, 3.05) is 26.3 Å². The summed E-state index contributed by atoms with van der Waals surface area (Å²) in [6.45, 7) is 1.71. The van der Waals surface area contributed by atoms with E-state index in [1.807, 2.05) is 30.3 Å². The summed E-state index contributed by atoms with van der Waals surface area (Å²) in [6, 6.07) is 9.34. The van der Waals surface area contributed by atoms with E-state index in [1.165, 1.54) is 12.8 Å². The number of amides is 1. The monoisotopic (exact) mass is 317 g/mol. The van der Waals surface area contributed by atoms with E-state index in [2.05, 4.69) is 0 Å². The zero-order chi connectivity index (χ0) is 16.3. The number of ether oxygens (including phenoxy) is 1. The number of likely N-dealkylation sites (tertiary alicyclic amines) is 1. The molecule has 1 aliphatic carbocycles. The first kappa shape index (κ1) is 16.0. The quantitative estimate of drug-likeness (QED) is 0.872. The summed E-state index contributed by atoms with van der Waals surface area (Å²) in [4.78, 5) is 25.8. The third-order valence-electron chi connectivity index (χ3n) is 4.98. The fourth-order valence-electron chi connectivity index (χ4n) is 3.21. The van der Waals surface area contributed by atoms with Gasteiger partial charge in [0.15, 0.2) is 0 Å². The van der Waals surface area contributed by atoms with Crippen LogP contribution in [0.25, 0.3) is 0 Å². The van der Waals surface area contributed by atoms with Gasteiger partial charge < -0.3 is 14.7 Å². The van der Waals surface area contributed by atoms with Crippen molar-refractivity contribution in [3.8, 4) is 0 Å². The minimum atomic E-state index is -0.882. The van der Waals surface area contributed by atoms with Crippen LogP contribution in [0.1, 0.15) is 31.2 Å². The minimum absolute atomic E-state index is 0.0299. The number of carboxylic acids is 1. The number of piperidine rings is 1. The molecule has 1 saturated heterocycles. The molecule has 0 unspecified atom stereocenters. The van der Waals surface area contributed by atoms with Crippen LogP contribution in [0.5, 0.6) is 0 Å². The maximum absolute atomic E-state index is 12.2. The molecule has 1 heterocycles. The number of nitrogens with zero attached hydrogens (tertiary/aromatic N) is 1. The molecule has 0 spiro atoms. The molecule has 2 fully saturated rings. The predicted molar refractivity (Wildman–Crippen MR) is 85.1 cm³/mol. The van der Waals surface area contributed by atoms with Gasteiger partial charge in [0.2, 0.25) is 5.91 Å². The standard InChI is InChI=1S/C18H23NO4/c20-16(13-23-12-14-6-7-14)19-10-8-18(9-11-19,17(21)22)15-4-2-1-3-5-15/h1-5,14H,6-13H2,(H,21,22). The molecule has 23 heavy (non-hydrogen) atoms. The molecular formula is C18H23NO4. The highest BCUT2D eigenvalue weighted by atomic mass is 16.5. The van der Waals surface area contributed by atoms with Crippen molar-refractivity contribution < 1.29 is 19.4 Å². The Morgan fingerprint density at radius 1 is 1.17 bits per heavy atom. The lowest BCUT2D eigenvalue weighted by molar-refractivity contribution is -0.149. The molecule has 2 aliphatic rings. The molecule has 0 radical (unpaired) electrons. The van der Waals surface area contributed by atoms with E-state index in [4.69, 9.17) is 4.74 Å². The normalized spacial score (nSPS) is 20.3. The predicted octanol–water partition coefficient (Wildman–Crippen LogP) is 2.06. The van der Waals surface area contributed by atoms with Gasteiger partial charge in [-0.1, -0.05) is 30.3 Å². The van der Waals surface area contributed by atoms with Crippen LogP contribution in [-0.2, 0) is 19.7 Å². The van der Waals surface area contributed by atoms with E-state index in [0.29, 0.717) is 38.5 Å². The Morgan fingerprint density at radius 3 is 2.39 bits per heavy atom. The largest absolute Gasteiger partial charge is 0.481 e. The summed E-state index contributed by atoms with van der Waals surface area (Å²) < 4.78 is 5.45. The van der Waals surface area contributed by atoms with Crippen molar-refractivity contribution in [2.45, 2.75) is 31.1 Å². The Labute approximate surface area is 136 Å². The van der Waals surface area contributed by atoms with Gasteiger partial charge in [-0.25, -0.2) is 0 Å². The zero-order valence-electron chi connectivity index (χ0n) is 13.2. The van der Waals surface area contributed by atoms with E-state index >= 15 is 0 Å². The molecular weight excluding hydrogens is 294 g/mol. The molecule has 1 aliphatic heterocycles. The Morgan fingerprint density at radius 2 is 1.83 bits per heavy atom. The van der Waals surface area contributed by atoms with Gasteiger partial charge in [0.05, 0.1) is 12.0 Å². The summed E-state index contributed by atoms with van der Waals surface area (Å²) >= 11 is 0. The van der Waals surface area contributed by atoms with Crippen LogP contribution in [0.15, 0.2) is 30.3 Å². The van der Waals surface area contributed by atoms with E-state index in [1.54, 1.807) is 4.90 Å². The fourth-order valence-corrected chi connectivity index (χ4v) is 3.21. The number of carboxylic acid groups (broad SMARTS) is 1. The third kappa shape index (κ3) is 3.55. The molecule has 5 heteroatoms. The maximum Gasteiger partial charge on any atom is 0.314 e. The van der Waals surface area contributed by atoms with Crippen LogP contribution in [0.3, 0.4) is 0 Å². The lowest BCUT2D eigenvalue weighted by Crippen LogP contribution is -2.49. The van der Waals surface area contributed by atoms with E-state index in [0.717, 1.165) is 5.56 Å². The number of rotatable bonds is 6. The van der Waals surface area contributed by atoms with Gasteiger partial charge in [0.1, 0.15) is 6.61 Å². The van der Waals surface area contributed by atoms with Crippen LogP contribution in [-0.4, -0.2) is 48.2 Å². The highest BCUT2D eigenvalue weighted by Gasteiger charge is 2.43. The summed E-state index contributed by atoms with van der Waals surface area (Å²) in [6.07, 6.45) is 3.30. The molecule has 5 nitrogen and oxygen atoms in total. The van der Waals surface area contributed by atoms with Crippen molar-refractivity contribution >= 4 is 11.9 Å². The van der Waals surface area contributed by atoms with Gasteiger partial charge in [-0.05, 0) is 37.2 Å². The van der Waals surface area contributed by atoms with E-state index in [9.17, 15) is 14.7 Å². The van der Waals surface area contributed by atoms with Crippen molar-refractivity contribution in [1.82, 2.24) is 4.90 Å². The van der Waals surface area contributed by atoms with Gasteiger partial charge in [0.25, 0.3) is 0 Å². The number of carbonyl (C=O) groups is 2. The molecule has 3 rings (SSSR count). The van der Waals surface area contributed by atoms with Crippen LogP contribution in [0, 0.1) is 5.92 Å². The van der Waals surface area contributed by atoms with Crippen molar-refractivity contribution in [2.24, 2.45) is 5.92 Å². The average Bonchev–Trinajstić information content (AvgIpc) is 3.40. The second kappa shape index (κ2) is 6.71. The first-order valence-corrected chi connectivity index (χ1v) is 8.26. The number of aliphatic carboxylic acids is 1. The fraction of sp³-hybridized carbons (Fsp3) is 0.556. The molecule has 124 valence electrons. The van der Waals surface area contributed by atoms with Crippen LogP contribution < -0.4 is 0 Å². The Hall–Kier alpha value is -1.88. The molecule has 0 bridgehead atoms. The SMILES string of the molecule is O=C(COCC1CC1)N1CCC(C(=O)O)(c2ccccc2)CC1. The summed E-state index contributed by atoms with van der Waals surface area (Å²) in [5, 5.41) is 9.75. The van der Waals surface area contributed by atoms with E-state index in [-0.39, 0.29) is 12.5 Å². The van der Waals surface area contributed by atoms with Gasteiger partial charge >= 0.3 is 5.97 Å². The Balaban J connectivity index is 1.58. The second-order valence-corrected chi connectivity index (χ2v) is 6.59. The van der Waals surface area contributed by atoms with Crippen LogP contribution >= 0.6 is 0 Å². The third-order valence-corrected chi connectivity index (χ3v) is 4.98. The highest BCUT2D eigenvalue weighted by molar-refractivity contribution is 5.83. The minimum Gasteiger partial charge on any atom is -0.481 e. The number of hydrogen-bond donors (Lipinski definition) is 1. The molecule has 0 atom stereocenters.